The van der Waals surface area contributed by atoms with Crippen LogP contribution in [0.5, 0.6) is 0 Å². The maximum Gasteiger partial charge on any atom is 0.240 e. The van der Waals surface area contributed by atoms with Crippen LogP contribution in [0.2, 0.25) is 0 Å². The molecule has 0 aromatic carbocycles. The molecule has 1 aromatic heterocycles. The van der Waals surface area contributed by atoms with Gasteiger partial charge in [-0.3, -0.25) is 0 Å². The Labute approximate surface area is 85.4 Å². The number of thioether (sulfide) groups is 1. The Morgan fingerprint density at radius 2 is 2.57 bits per heavy atom. The van der Waals surface area contributed by atoms with Crippen molar-refractivity contribution in [2.24, 2.45) is 0 Å². The van der Waals surface area contributed by atoms with Crippen LogP contribution in [-0.4, -0.2) is 28.3 Å². The third-order valence-corrected chi connectivity index (χ3v) is 2.81. The maximum atomic E-state index is 8.43. The molecule has 1 saturated heterocycles. The van der Waals surface area contributed by atoms with Gasteiger partial charge in [0, 0.05) is 11.5 Å². The number of ether oxygens (including phenoxy) is 1. The van der Waals surface area contributed by atoms with E-state index in [0.29, 0.717) is 11.7 Å². The van der Waals surface area contributed by atoms with E-state index >= 15 is 0 Å². The van der Waals surface area contributed by atoms with E-state index in [4.69, 9.17) is 14.5 Å². The molecule has 74 valence electrons. The quantitative estimate of drug-likeness (QED) is 0.725. The van der Waals surface area contributed by atoms with E-state index in [-0.39, 0.29) is 12.5 Å². The van der Waals surface area contributed by atoms with E-state index in [1.165, 1.54) is 0 Å². The zero-order valence-corrected chi connectivity index (χ0v) is 8.29. The Morgan fingerprint density at radius 1 is 1.64 bits per heavy atom. The van der Waals surface area contributed by atoms with Crippen molar-refractivity contribution in [2.75, 3.05) is 18.1 Å². The first-order valence-electron chi connectivity index (χ1n) is 4.29. The topological polar surface area (TPSA) is 71.9 Å². The molecule has 0 saturated carbocycles. The van der Waals surface area contributed by atoms with Gasteiger partial charge in [-0.05, 0) is 0 Å². The molecule has 1 aromatic rings. The van der Waals surface area contributed by atoms with E-state index in [1.807, 2.05) is 17.8 Å². The van der Waals surface area contributed by atoms with Gasteiger partial charge in [0.25, 0.3) is 0 Å². The van der Waals surface area contributed by atoms with E-state index in [0.717, 1.165) is 18.1 Å². The molecule has 2 rings (SSSR count). The van der Waals surface area contributed by atoms with Crippen LogP contribution in [0.4, 0.5) is 0 Å². The molecule has 1 fully saturated rings. The average Bonchev–Trinajstić information content (AvgIpc) is 2.68. The molecule has 1 unspecified atom stereocenters. The first-order chi connectivity index (χ1) is 6.90. The molecule has 14 heavy (non-hydrogen) atoms. The fourth-order valence-corrected chi connectivity index (χ4v) is 2.02. The highest BCUT2D eigenvalue weighted by molar-refractivity contribution is 7.99. The number of rotatable bonds is 2. The molecule has 0 spiro atoms. The van der Waals surface area contributed by atoms with E-state index < -0.39 is 0 Å². The Balaban J connectivity index is 2.04. The second-order valence-electron chi connectivity index (χ2n) is 2.82. The highest BCUT2D eigenvalue weighted by Crippen LogP contribution is 2.24. The van der Waals surface area contributed by atoms with Crippen molar-refractivity contribution >= 4 is 11.8 Å². The van der Waals surface area contributed by atoms with Crippen molar-refractivity contribution in [3.63, 3.8) is 0 Å². The highest BCUT2D eigenvalue weighted by Gasteiger charge is 2.21. The van der Waals surface area contributed by atoms with Gasteiger partial charge >= 0.3 is 0 Å². The summed E-state index contributed by atoms with van der Waals surface area (Å²) in [4.78, 5) is 4.09. The summed E-state index contributed by atoms with van der Waals surface area (Å²) < 4.78 is 10.4. The molecule has 1 atom stereocenters. The van der Waals surface area contributed by atoms with Crippen LogP contribution in [0.1, 0.15) is 17.8 Å². The van der Waals surface area contributed by atoms with Crippen LogP contribution in [-0.2, 0) is 11.2 Å². The molecule has 0 aliphatic carbocycles. The lowest BCUT2D eigenvalue weighted by molar-refractivity contribution is 0.0677. The van der Waals surface area contributed by atoms with Crippen LogP contribution >= 0.6 is 11.8 Å². The van der Waals surface area contributed by atoms with Crippen LogP contribution < -0.4 is 0 Å². The third kappa shape index (κ3) is 2.05. The van der Waals surface area contributed by atoms with Gasteiger partial charge in [-0.1, -0.05) is 5.16 Å². The lowest BCUT2D eigenvalue weighted by Crippen LogP contribution is -2.16. The minimum Gasteiger partial charge on any atom is -0.368 e. The minimum atomic E-state index is -0.0788. The monoisotopic (exact) mass is 211 g/mol. The van der Waals surface area contributed by atoms with Gasteiger partial charge in [-0.25, -0.2) is 0 Å². The minimum absolute atomic E-state index is 0.0788. The Kier molecular flexibility index (Phi) is 3.01. The molecule has 0 amide bonds. The molecular formula is C8H9N3O2S. The second kappa shape index (κ2) is 4.44. The third-order valence-electron chi connectivity index (χ3n) is 1.82. The summed E-state index contributed by atoms with van der Waals surface area (Å²) in [6.07, 6.45) is 0.0808. The fraction of sp³-hybridized carbons (Fsp3) is 0.625. The molecule has 0 bridgehead atoms. The van der Waals surface area contributed by atoms with E-state index in [1.54, 1.807) is 0 Å². The SMILES string of the molecule is N#CCc1nc(C2CSCCO2)no1. The molecular weight excluding hydrogens is 202 g/mol. The Morgan fingerprint density at radius 3 is 3.29 bits per heavy atom. The van der Waals surface area contributed by atoms with Crippen molar-refractivity contribution in [3.8, 4) is 6.07 Å². The van der Waals surface area contributed by atoms with Gasteiger partial charge in [0.1, 0.15) is 12.5 Å². The summed E-state index contributed by atoms with van der Waals surface area (Å²) in [5, 5.41) is 12.2. The van der Waals surface area contributed by atoms with Gasteiger partial charge in [-0.2, -0.15) is 22.0 Å². The van der Waals surface area contributed by atoms with Gasteiger partial charge in [-0.15, -0.1) is 0 Å². The first-order valence-corrected chi connectivity index (χ1v) is 5.44. The van der Waals surface area contributed by atoms with Gasteiger partial charge in [0.2, 0.25) is 11.7 Å². The molecule has 1 aliphatic rings. The number of nitriles is 1. The van der Waals surface area contributed by atoms with E-state index in [2.05, 4.69) is 10.1 Å². The molecule has 0 radical (unpaired) electrons. The number of aromatic nitrogens is 2. The lowest BCUT2D eigenvalue weighted by atomic mass is 10.4. The summed E-state index contributed by atoms with van der Waals surface area (Å²) in [6.45, 7) is 0.720. The number of hydrogen-bond donors (Lipinski definition) is 0. The average molecular weight is 211 g/mol. The number of nitrogens with zero attached hydrogens (tertiary/aromatic N) is 3. The van der Waals surface area contributed by atoms with Crippen molar-refractivity contribution < 1.29 is 9.26 Å². The normalized spacial score (nSPS) is 21.8. The standard InChI is InChI=1S/C8H9N3O2S/c9-2-1-7-10-8(11-13-7)6-5-14-4-3-12-6/h6H,1,3-5H2. The summed E-state index contributed by atoms with van der Waals surface area (Å²) >= 11 is 1.81. The lowest BCUT2D eigenvalue weighted by Gasteiger charge is -2.18. The zero-order valence-electron chi connectivity index (χ0n) is 7.47. The fourth-order valence-electron chi connectivity index (χ4n) is 1.18. The van der Waals surface area contributed by atoms with E-state index in [9.17, 15) is 0 Å². The molecule has 1 aliphatic heterocycles. The summed E-state index contributed by atoms with van der Waals surface area (Å²) in [5.74, 6) is 2.79. The van der Waals surface area contributed by atoms with Crippen LogP contribution in [0.3, 0.4) is 0 Å². The van der Waals surface area contributed by atoms with Gasteiger partial charge in [0.15, 0.2) is 0 Å². The summed E-state index contributed by atoms with van der Waals surface area (Å²) in [5.41, 5.74) is 0. The molecule has 6 heteroatoms. The second-order valence-corrected chi connectivity index (χ2v) is 3.97. The zero-order chi connectivity index (χ0) is 9.80. The summed E-state index contributed by atoms with van der Waals surface area (Å²) in [7, 11) is 0. The maximum absolute atomic E-state index is 8.43. The molecule has 0 N–H and O–H groups in total. The van der Waals surface area contributed by atoms with Crippen LogP contribution in [0.25, 0.3) is 0 Å². The Bertz CT molecular complexity index is 341. The predicted molar refractivity (Wildman–Crippen MR) is 49.6 cm³/mol. The van der Waals surface area contributed by atoms with Crippen LogP contribution in [0.15, 0.2) is 4.52 Å². The van der Waals surface area contributed by atoms with Gasteiger partial charge < -0.3 is 9.26 Å². The van der Waals surface area contributed by atoms with Crippen LogP contribution in [0, 0.1) is 11.3 Å². The largest absolute Gasteiger partial charge is 0.368 e. The summed E-state index contributed by atoms with van der Waals surface area (Å²) in [6, 6.07) is 1.96. The van der Waals surface area contributed by atoms with Crippen molar-refractivity contribution in [3.05, 3.63) is 11.7 Å². The Hall–Kier alpha value is -1.06. The van der Waals surface area contributed by atoms with Gasteiger partial charge in [0.05, 0.1) is 12.7 Å². The van der Waals surface area contributed by atoms with Crippen molar-refractivity contribution in [1.82, 2.24) is 10.1 Å². The smallest absolute Gasteiger partial charge is 0.240 e. The highest BCUT2D eigenvalue weighted by atomic mass is 32.2. The molecule has 2 heterocycles. The predicted octanol–water partition coefficient (Wildman–Crippen LogP) is 0.940. The van der Waals surface area contributed by atoms with Crippen molar-refractivity contribution in [2.45, 2.75) is 12.5 Å². The van der Waals surface area contributed by atoms with Crippen molar-refractivity contribution in [1.29, 1.82) is 5.26 Å². The first kappa shape index (κ1) is 9.49. The molecule has 5 nitrogen and oxygen atoms in total. The number of hydrogen-bond acceptors (Lipinski definition) is 6.